The molecule has 9 heteroatoms. The van der Waals surface area contributed by atoms with Crippen LogP contribution in [0.1, 0.15) is 74.2 Å². The molecular formula is C31H31F5O4. The third kappa shape index (κ3) is 6.40. The van der Waals surface area contributed by atoms with Crippen LogP contribution in [0.2, 0.25) is 0 Å². The molecule has 0 amide bonds. The minimum absolute atomic E-state index is 0.0815. The minimum Gasteiger partial charge on any atom is -0.491 e. The Balaban J connectivity index is 1.37. The number of esters is 1. The van der Waals surface area contributed by atoms with Crippen LogP contribution in [-0.4, -0.2) is 25.3 Å². The van der Waals surface area contributed by atoms with E-state index >= 15 is 0 Å². The molecule has 0 N–H and O–H groups in total. The standard InChI is InChI=1S/C31H31F5O4/c1-3-5-16-39-26-14-12-21(27(33)30(26)36)18-6-9-20(10-7-18)40-31(37)19-8-11-22(24(32)17-19)23-13-15-25(38-4-2)29(35)28(23)34/h8,11-15,17-18,20H,3-7,9-10,16H2,1-2H3. The maximum absolute atomic E-state index is 14.9. The van der Waals surface area contributed by atoms with E-state index in [9.17, 15) is 26.7 Å². The normalized spacial score (nSPS) is 17.0. The topological polar surface area (TPSA) is 44.8 Å². The third-order valence-corrected chi connectivity index (χ3v) is 7.06. The lowest BCUT2D eigenvalue weighted by Crippen LogP contribution is -2.24. The van der Waals surface area contributed by atoms with Gasteiger partial charge in [0.1, 0.15) is 11.9 Å². The second-order valence-corrected chi connectivity index (χ2v) is 9.73. The van der Waals surface area contributed by atoms with Gasteiger partial charge in [-0.05, 0) is 80.8 Å². The molecule has 4 nitrogen and oxygen atoms in total. The van der Waals surface area contributed by atoms with Gasteiger partial charge in [0, 0.05) is 11.1 Å². The lowest BCUT2D eigenvalue weighted by molar-refractivity contribution is 0.0193. The van der Waals surface area contributed by atoms with E-state index in [-0.39, 0.29) is 46.3 Å². The quantitative estimate of drug-likeness (QED) is 0.141. The van der Waals surface area contributed by atoms with Crippen LogP contribution in [0.4, 0.5) is 22.0 Å². The lowest BCUT2D eigenvalue weighted by atomic mass is 9.82. The molecule has 3 aromatic rings. The van der Waals surface area contributed by atoms with Crippen molar-refractivity contribution < 1.29 is 41.0 Å². The van der Waals surface area contributed by atoms with Gasteiger partial charge in [-0.1, -0.05) is 25.5 Å². The van der Waals surface area contributed by atoms with Gasteiger partial charge in [-0.2, -0.15) is 8.78 Å². The largest absolute Gasteiger partial charge is 0.491 e. The van der Waals surface area contributed by atoms with Gasteiger partial charge in [-0.25, -0.2) is 18.0 Å². The monoisotopic (exact) mass is 562 g/mol. The number of unbranched alkanes of at least 4 members (excludes halogenated alkanes) is 1. The predicted octanol–water partition coefficient (Wildman–Crippen LogP) is 8.51. The second-order valence-electron chi connectivity index (χ2n) is 9.73. The Morgan fingerprint density at radius 2 is 1.43 bits per heavy atom. The van der Waals surface area contributed by atoms with Crippen LogP contribution in [0, 0.1) is 29.1 Å². The first-order chi connectivity index (χ1) is 19.2. The van der Waals surface area contributed by atoms with Crippen molar-refractivity contribution >= 4 is 5.97 Å². The molecule has 3 aromatic carbocycles. The zero-order valence-electron chi connectivity index (χ0n) is 22.4. The smallest absolute Gasteiger partial charge is 0.338 e. The lowest BCUT2D eigenvalue weighted by Gasteiger charge is -2.29. The Morgan fingerprint density at radius 1 is 0.775 bits per heavy atom. The molecule has 0 saturated heterocycles. The first-order valence-corrected chi connectivity index (χ1v) is 13.5. The van der Waals surface area contributed by atoms with Gasteiger partial charge >= 0.3 is 5.97 Å². The SMILES string of the molecule is CCCCOc1ccc(C2CCC(OC(=O)c3ccc(-c4ccc(OCC)c(F)c4F)c(F)c3)CC2)c(F)c1F. The molecule has 0 heterocycles. The van der Waals surface area contributed by atoms with E-state index in [1.807, 2.05) is 6.92 Å². The van der Waals surface area contributed by atoms with Crippen molar-refractivity contribution in [2.75, 3.05) is 13.2 Å². The van der Waals surface area contributed by atoms with E-state index in [0.29, 0.717) is 32.3 Å². The Morgan fingerprint density at radius 3 is 2.10 bits per heavy atom. The summed E-state index contributed by atoms with van der Waals surface area (Å²) in [5.41, 5.74) is -0.337. The third-order valence-electron chi connectivity index (χ3n) is 7.06. The summed E-state index contributed by atoms with van der Waals surface area (Å²) in [5.74, 6) is -6.71. The molecule has 0 aromatic heterocycles. The molecule has 1 aliphatic rings. The van der Waals surface area contributed by atoms with Gasteiger partial charge in [-0.3, -0.25) is 0 Å². The van der Waals surface area contributed by atoms with Gasteiger partial charge in [-0.15, -0.1) is 0 Å². The molecule has 1 fully saturated rings. The molecule has 40 heavy (non-hydrogen) atoms. The molecule has 0 radical (unpaired) electrons. The van der Waals surface area contributed by atoms with Crippen LogP contribution in [0.5, 0.6) is 11.5 Å². The fraction of sp³-hybridized carbons (Fsp3) is 0.387. The van der Waals surface area contributed by atoms with Crippen molar-refractivity contribution in [3.05, 3.63) is 82.7 Å². The highest BCUT2D eigenvalue weighted by Gasteiger charge is 2.29. The van der Waals surface area contributed by atoms with E-state index in [2.05, 4.69) is 0 Å². The van der Waals surface area contributed by atoms with Crippen molar-refractivity contribution in [3.63, 3.8) is 0 Å². The zero-order valence-corrected chi connectivity index (χ0v) is 22.4. The average Bonchev–Trinajstić information content (AvgIpc) is 2.95. The number of hydrogen-bond acceptors (Lipinski definition) is 4. The Hall–Kier alpha value is -3.62. The number of hydrogen-bond donors (Lipinski definition) is 0. The first-order valence-electron chi connectivity index (χ1n) is 13.5. The number of ether oxygens (including phenoxy) is 3. The zero-order chi connectivity index (χ0) is 28.8. The van der Waals surface area contributed by atoms with Crippen LogP contribution < -0.4 is 9.47 Å². The summed E-state index contributed by atoms with van der Waals surface area (Å²) in [6.45, 7) is 4.05. The summed E-state index contributed by atoms with van der Waals surface area (Å²) in [6.07, 6.45) is 2.92. The minimum atomic E-state index is -1.26. The van der Waals surface area contributed by atoms with Crippen molar-refractivity contribution in [1.29, 1.82) is 0 Å². The van der Waals surface area contributed by atoms with E-state index < -0.39 is 41.2 Å². The Bertz CT molecular complexity index is 1350. The molecular weight excluding hydrogens is 531 g/mol. The maximum atomic E-state index is 14.9. The number of halogens is 5. The summed E-state index contributed by atoms with van der Waals surface area (Å²) in [6, 6.07) is 8.79. The highest BCUT2D eigenvalue weighted by Crippen LogP contribution is 2.38. The fourth-order valence-corrected chi connectivity index (χ4v) is 4.88. The molecule has 1 saturated carbocycles. The van der Waals surface area contributed by atoms with E-state index in [0.717, 1.165) is 18.9 Å². The molecule has 0 atom stereocenters. The summed E-state index contributed by atoms with van der Waals surface area (Å²) in [7, 11) is 0. The number of rotatable bonds is 10. The number of benzene rings is 3. The van der Waals surface area contributed by atoms with Crippen LogP contribution in [-0.2, 0) is 4.74 Å². The maximum Gasteiger partial charge on any atom is 0.338 e. The van der Waals surface area contributed by atoms with Crippen LogP contribution in [0.25, 0.3) is 11.1 Å². The van der Waals surface area contributed by atoms with Crippen molar-refractivity contribution in [1.82, 2.24) is 0 Å². The predicted molar refractivity (Wildman–Crippen MR) is 140 cm³/mol. The number of carbonyl (C=O) groups is 1. The molecule has 0 unspecified atom stereocenters. The van der Waals surface area contributed by atoms with Gasteiger partial charge in [0.05, 0.1) is 18.8 Å². The molecule has 4 rings (SSSR count). The van der Waals surface area contributed by atoms with Crippen molar-refractivity contribution in [2.45, 2.75) is 64.4 Å². The second kappa shape index (κ2) is 13.2. The van der Waals surface area contributed by atoms with Gasteiger partial charge in [0.25, 0.3) is 0 Å². The molecule has 0 bridgehead atoms. The van der Waals surface area contributed by atoms with Crippen LogP contribution in [0.3, 0.4) is 0 Å². The first kappa shape index (κ1) is 29.4. The average molecular weight is 563 g/mol. The van der Waals surface area contributed by atoms with Crippen molar-refractivity contribution in [3.8, 4) is 22.6 Å². The van der Waals surface area contributed by atoms with Crippen LogP contribution in [0.15, 0.2) is 42.5 Å². The highest BCUT2D eigenvalue weighted by molar-refractivity contribution is 5.90. The summed E-state index contributed by atoms with van der Waals surface area (Å²) < 4.78 is 88.8. The molecule has 214 valence electrons. The Kier molecular flexibility index (Phi) is 9.66. The summed E-state index contributed by atoms with van der Waals surface area (Å²) >= 11 is 0. The summed E-state index contributed by atoms with van der Waals surface area (Å²) in [4.78, 5) is 12.7. The van der Waals surface area contributed by atoms with Crippen LogP contribution >= 0.6 is 0 Å². The molecule has 0 aliphatic heterocycles. The van der Waals surface area contributed by atoms with Crippen molar-refractivity contribution in [2.24, 2.45) is 0 Å². The van der Waals surface area contributed by atoms with Gasteiger partial charge < -0.3 is 14.2 Å². The number of carbonyl (C=O) groups excluding carboxylic acids is 1. The molecule has 1 aliphatic carbocycles. The van der Waals surface area contributed by atoms with E-state index in [4.69, 9.17) is 14.2 Å². The fourth-order valence-electron chi connectivity index (χ4n) is 4.88. The Labute approximate surface area is 230 Å². The van der Waals surface area contributed by atoms with Gasteiger partial charge in [0.2, 0.25) is 11.6 Å². The molecule has 0 spiro atoms. The summed E-state index contributed by atoms with van der Waals surface area (Å²) in [5, 5.41) is 0. The van der Waals surface area contributed by atoms with Gasteiger partial charge in [0.15, 0.2) is 23.1 Å². The van der Waals surface area contributed by atoms with E-state index in [1.54, 1.807) is 13.0 Å². The highest BCUT2D eigenvalue weighted by atomic mass is 19.2. The van der Waals surface area contributed by atoms with E-state index in [1.165, 1.54) is 30.3 Å².